The molecule has 1 aliphatic rings. The van der Waals surface area contributed by atoms with E-state index < -0.39 is 5.60 Å². The van der Waals surface area contributed by atoms with Crippen molar-refractivity contribution in [1.82, 2.24) is 4.90 Å². The highest BCUT2D eigenvalue weighted by Gasteiger charge is 2.43. The van der Waals surface area contributed by atoms with Crippen molar-refractivity contribution in [3.8, 4) is 17.0 Å². The molecule has 166 valence electrons. The third-order valence-corrected chi connectivity index (χ3v) is 6.30. The van der Waals surface area contributed by atoms with E-state index in [1.807, 2.05) is 67.6 Å². The molecule has 4 rings (SSSR count). The summed E-state index contributed by atoms with van der Waals surface area (Å²) in [6.45, 7) is 2.65. The second-order valence-electron chi connectivity index (χ2n) is 8.26. The van der Waals surface area contributed by atoms with Gasteiger partial charge in [0.25, 0.3) is 0 Å². The van der Waals surface area contributed by atoms with Crippen molar-refractivity contribution < 1.29 is 24.7 Å². The van der Waals surface area contributed by atoms with Crippen LogP contribution >= 0.6 is 0 Å². The van der Waals surface area contributed by atoms with Crippen LogP contribution in [0.25, 0.3) is 11.1 Å². The molecule has 0 radical (unpaired) electrons. The van der Waals surface area contributed by atoms with E-state index in [0.717, 1.165) is 22.3 Å². The van der Waals surface area contributed by atoms with Crippen molar-refractivity contribution in [2.24, 2.45) is 0 Å². The van der Waals surface area contributed by atoms with Gasteiger partial charge in [0.05, 0.1) is 12.1 Å². The summed E-state index contributed by atoms with van der Waals surface area (Å²) in [6.07, 6.45) is 3.27. The van der Waals surface area contributed by atoms with E-state index in [-0.39, 0.29) is 24.6 Å². The molecule has 0 saturated carbocycles. The molecule has 0 bridgehead atoms. The lowest BCUT2D eigenvalue weighted by molar-refractivity contribution is -0.393. The number of nitrogens with zero attached hydrogens (tertiary/aromatic N) is 1. The van der Waals surface area contributed by atoms with Crippen LogP contribution in [0.4, 0.5) is 4.79 Å². The molecule has 2 aromatic carbocycles. The van der Waals surface area contributed by atoms with Gasteiger partial charge in [0.1, 0.15) is 5.60 Å². The molecule has 0 unspecified atom stereocenters. The van der Waals surface area contributed by atoms with Crippen LogP contribution in [0.1, 0.15) is 43.4 Å². The first-order valence-electron chi connectivity index (χ1n) is 11.0. The summed E-state index contributed by atoms with van der Waals surface area (Å²) in [7, 11) is 0. The van der Waals surface area contributed by atoms with Crippen molar-refractivity contribution in [2.45, 2.75) is 37.8 Å². The molecule has 6 heteroatoms. The van der Waals surface area contributed by atoms with Crippen LogP contribution in [0.3, 0.4) is 0 Å². The molecule has 2 heterocycles. The van der Waals surface area contributed by atoms with E-state index in [0.29, 0.717) is 25.8 Å². The Morgan fingerprint density at radius 1 is 1.06 bits per heavy atom. The van der Waals surface area contributed by atoms with Gasteiger partial charge in [0.15, 0.2) is 6.20 Å². The number of ether oxygens (including phenoxy) is 1. The number of amides is 1. The van der Waals surface area contributed by atoms with Gasteiger partial charge in [-0.15, -0.1) is 0 Å². The van der Waals surface area contributed by atoms with Crippen molar-refractivity contribution in [2.75, 3.05) is 13.2 Å². The predicted molar refractivity (Wildman–Crippen MR) is 121 cm³/mol. The highest BCUT2D eigenvalue weighted by Crippen LogP contribution is 2.40. The van der Waals surface area contributed by atoms with Gasteiger partial charge in [0, 0.05) is 25.1 Å². The van der Waals surface area contributed by atoms with E-state index >= 15 is 0 Å². The number of rotatable bonds is 7. The fraction of sp³-hybridized carbons (Fsp3) is 0.308. The third-order valence-electron chi connectivity index (χ3n) is 6.30. The van der Waals surface area contributed by atoms with E-state index in [9.17, 15) is 15.0 Å². The van der Waals surface area contributed by atoms with Crippen LogP contribution in [0.5, 0.6) is 5.88 Å². The normalized spacial score (nSPS) is 19.4. The molecule has 1 aromatic heterocycles. The Kier molecular flexibility index (Phi) is 6.42. The van der Waals surface area contributed by atoms with Gasteiger partial charge in [-0.1, -0.05) is 54.6 Å². The number of aromatic amines is 1. The number of H-pyrrole nitrogens is 1. The molecule has 1 aliphatic heterocycles. The van der Waals surface area contributed by atoms with Gasteiger partial charge in [-0.2, -0.15) is 4.98 Å². The SMILES string of the molecule is C[C@@H](c1ccc(-c2ccc(O)[nH+]c2)cc1)N1CC[C@](CCCO)(c2ccccc2)OC1=O. The minimum absolute atomic E-state index is 0.0669. The summed E-state index contributed by atoms with van der Waals surface area (Å²) in [6, 6.07) is 21.2. The van der Waals surface area contributed by atoms with Crippen LogP contribution in [0.2, 0.25) is 0 Å². The number of aliphatic hydroxyl groups is 1. The Morgan fingerprint density at radius 3 is 2.41 bits per heavy atom. The molecule has 0 aliphatic carbocycles. The number of hydrogen-bond acceptors (Lipinski definition) is 4. The summed E-state index contributed by atoms with van der Waals surface area (Å²) < 4.78 is 6.07. The van der Waals surface area contributed by atoms with Crippen molar-refractivity contribution >= 4 is 6.09 Å². The molecule has 6 nitrogen and oxygen atoms in total. The van der Waals surface area contributed by atoms with Gasteiger partial charge in [0.2, 0.25) is 0 Å². The Morgan fingerprint density at radius 2 is 1.78 bits per heavy atom. The number of nitrogens with one attached hydrogen (secondary N) is 1. The number of pyridine rings is 1. The lowest BCUT2D eigenvalue weighted by atomic mass is 9.84. The summed E-state index contributed by atoms with van der Waals surface area (Å²) >= 11 is 0. The number of carbonyl (C=O) groups is 1. The minimum Gasteiger partial charge on any atom is -0.460 e. The summed E-state index contributed by atoms with van der Waals surface area (Å²) in [5, 5.41) is 18.8. The number of aromatic nitrogens is 1. The molecule has 3 N–H and O–H groups in total. The second kappa shape index (κ2) is 9.40. The number of aliphatic hydroxyl groups excluding tert-OH is 1. The highest BCUT2D eigenvalue weighted by atomic mass is 16.6. The smallest absolute Gasteiger partial charge is 0.411 e. The fourth-order valence-electron chi connectivity index (χ4n) is 4.38. The zero-order valence-electron chi connectivity index (χ0n) is 18.2. The van der Waals surface area contributed by atoms with Gasteiger partial charge >= 0.3 is 12.0 Å². The van der Waals surface area contributed by atoms with Crippen LogP contribution in [-0.2, 0) is 10.3 Å². The van der Waals surface area contributed by atoms with Crippen LogP contribution in [-0.4, -0.2) is 34.4 Å². The first-order valence-corrected chi connectivity index (χ1v) is 11.0. The first-order chi connectivity index (χ1) is 15.5. The minimum atomic E-state index is -0.698. The van der Waals surface area contributed by atoms with E-state index in [1.165, 1.54) is 0 Å². The summed E-state index contributed by atoms with van der Waals surface area (Å²) in [5.74, 6) is 0.119. The fourth-order valence-corrected chi connectivity index (χ4v) is 4.38. The molecule has 3 aromatic rings. The van der Waals surface area contributed by atoms with E-state index in [1.54, 1.807) is 17.2 Å². The number of hydrogen-bond donors (Lipinski definition) is 2. The van der Waals surface area contributed by atoms with Crippen molar-refractivity contribution in [3.05, 3.63) is 84.1 Å². The molecule has 1 fully saturated rings. The Labute approximate surface area is 188 Å². The largest absolute Gasteiger partial charge is 0.460 e. The zero-order valence-corrected chi connectivity index (χ0v) is 18.2. The van der Waals surface area contributed by atoms with Gasteiger partial charge in [-0.3, -0.25) is 0 Å². The maximum atomic E-state index is 13.1. The summed E-state index contributed by atoms with van der Waals surface area (Å²) in [5.41, 5.74) is 3.29. The number of cyclic esters (lactones) is 1. The topological polar surface area (TPSA) is 84.1 Å². The zero-order chi connectivity index (χ0) is 22.6. The van der Waals surface area contributed by atoms with Crippen LogP contribution in [0.15, 0.2) is 72.9 Å². The molecule has 1 amide bonds. The molecule has 0 spiro atoms. The third kappa shape index (κ3) is 4.46. The standard InChI is InChI=1S/C26H28N2O4/c1-19(20-8-10-21(11-9-20)22-12-13-24(30)27-18-22)28-16-15-26(14-5-17-29,32-25(28)31)23-6-3-2-4-7-23/h2-4,6-13,18-19,29H,5,14-17H2,1H3,(H,27,30)/p+1/t19-,26+/m0/s1. The van der Waals surface area contributed by atoms with Crippen LogP contribution < -0.4 is 4.98 Å². The van der Waals surface area contributed by atoms with Crippen LogP contribution in [0, 0.1) is 0 Å². The van der Waals surface area contributed by atoms with Crippen molar-refractivity contribution in [1.29, 1.82) is 0 Å². The molecule has 32 heavy (non-hydrogen) atoms. The van der Waals surface area contributed by atoms with Gasteiger partial charge in [-0.25, -0.2) is 4.79 Å². The average molecular weight is 434 g/mol. The quantitative estimate of drug-likeness (QED) is 0.577. The Bertz CT molecular complexity index is 1040. The monoisotopic (exact) mass is 433 g/mol. The van der Waals surface area contributed by atoms with Gasteiger partial charge in [-0.05, 0) is 42.5 Å². The highest BCUT2D eigenvalue weighted by molar-refractivity contribution is 5.70. The number of carbonyl (C=O) groups excluding carboxylic acids is 1. The second-order valence-corrected chi connectivity index (χ2v) is 8.26. The van der Waals surface area contributed by atoms with E-state index in [4.69, 9.17) is 4.74 Å². The summed E-state index contributed by atoms with van der Waals surface area (Å²) in [4.78, 5) is 17.7. The lowest BCUT2D eigenvalue weighted by Crippen LogP contribution is -2.48. The molecule has 2 atom stereocenters. The van der Waals surface area contributed by atoms with Gasteiger partial charge < -0.3 is 19.8 Å². The maximum absolute atomic E-state index is 13.1. The predicted octanol–water partition coefficient (Wildman–Crippen LogP) is 4.44. The molecular formula is C26H29N2O4+. The number of aromatic hydroxyl groups is 1. The molecular weight excluding hydrogens is 404 g/mol. The number of benzene rings is 2. The Hall–Kier alpha value is -3.38. The lowest BCUT2D eigenvalue weighted by Gasteiger charge is -2.43. The average Bonchev–Trinajstić information content (AvgIpc) is 2.83. The maximum Gasteiger partial charge on any atom is 0.411 e. The first kappa shape index (κ1) is 21.8. The Balaban J connectivity index is 1.50. The molecule has 1 saturated heterocycles. The van der Waals surface area contributed by atoms with E-state index in [2.05, 4.69) is 4.98 Å². The van der Waals surface area contributed by atoms with Crippen molar-refractivity contribution in [3.63, 3.8) is 0 Å².